The van der Waals surface area contributed by atoms with Gasteiger partial charge < -0.3 is 9.72 Å². The Bertz CT molecular complexity index is 962. The van der Waals surface area contributed by atoms with Crippen molar-refractivity contribution in [2.45, 2.75) is 44.9 Å². The molecular formula is C18H20ClN5O2. The molecule has 2 N–H and O–H groups in total. The number of aromatic amines is 2. The Morgan fingerprint density at radius 1 is 1.23 bits per heavy atom. The molecule has 0 amide bonds. The quantitative estimate of drug-likeness (QED) is 0.636. The molecule has 0 atom stereocenters. The largest absolute Gasteiger partial charge is 0.422 e. The van der Waals surface area contributed by atoms with Crippen LogP contribution in [0.5, 0.6) is 11.8 Å². The highest BCUT2D eigenvalue weighted by atomic mass is 35.5. The van der Waals surface area contributed by atoms with Gasteiger partial charge in [0.25, 0.3) is 5.56 Å². The molecule has 1 aliphatic carbocycles. The summed E-state index contributed by atoms with van der Waals surface area (Å²) in [5, 5.41) is 0.199. The Hall–Kier alpha value is -2.41. The van der Waals surface area contributed by atoms with E-state index in [2.05, 4.69) is 24.9 Å². The first kappa shape index (κ1) is 17.0. The maximum absolute atomic E-state index is 12.3. The van der Waals surface area contributed by atoms with Gasteiger partial charge >= 0.3 is 6.01 Å². The third-order valence-electron chi connectivity index (χ3n) is 4.82. The molecule has 4 rings (SSSR count). The maximum atomic E-state index is 12.3. The molecule has 3 heterocycles. The smallest absolute Gasteiger partial charge is 0.304 e. The summed E-state index contributed by atoms with van der Waals surface area (Å²) in [7, 11) is 0. The van der Waals surface area contributed by atoms with Crippen molar-refractivity contribution >= 4 is 22.8 Å². The van der Waals surface area contributed by atoms with Gasteiger partial charge in [0.2, 0.25) is 0 Å². The second-order valence-electron chi connectivity index (χ2n) is 6.69. The molecule has 136 valence electrons. The lowest BCUT2D eigenvalue weighted by molar-refractivity contribution is 0.440. The van der Waals surface area contributed by atoms with Crippen molar-refractivity contribution in [3.8, 4) is 11.8 Å². The summed E-state index contributed by atoms with van der Waals surface area (Å²) in [4.78, 5) is 30.6. The average molecular weight is 374 g/mol. The Labute approximate surface area is 155 Å². The normalized spacial score (nSPS) is 15.0. The van der Waals surface area contributed by atoms with Crippen LogP contribution in [0.2, 0.25) is 5.15 Å². The van der Waals surface area contributed by atoms with Gasteiger partial charge in [-0.15, -0.1) is 0 Å². The number of rotatable bonds is 6. The molecular weight excluding hydrogens is 354 g/mol. The van der Waals surface area contributed by atoms with Crippen LogP contribution in [-0.4, -0.2) is 24.9 Å². The van der Waals surface area contributed by atoms with E-state index in [1.807, 2.05) is 0 Å². The zero-order valence-corrected chi connectivity index (χ0v) is 15.1. The van der Waals surface area contributed by atoms with Gasteiger partial charge in [-0.05, 0) is 24.5 Å². The lowest BCUT2D eigenvalue weighted by Crippen LogP contribution is -2.09. The Morgan fingerprint density at radius 2 is 2.08 bits per heavy atom. The minimum Gasteiger partial charge on any atom is -0.422 e. The topological polar surface area (TPSA) is 96.6 Å². The molecule has 3 aromatic heterocycles. The minimum atomic E-state index is -0.320. The maximum Gasteiger partial charge on any atom is 0.304 e. The number of H-pyrrole nitrogens is 2. The van der Waals surface area contributed by atoms with Crippen molar-refractivity contribution in [3.63, 3.8) is 0 Å². The summed E-state index contributed by atoms with van der Waals surface area (Å²) in [5.41, 5.74) is 0.393. The lowest BCUT2D eigenvalue weighted by Gasteiger charge is -2.06. The second kappa shape index (κ2) is 7.45. The number of imidazole rings is 1. The van der Waals surface area contributed by atoms with Crippen LogP contribution in [-0.2, 0) is 6.42 Å². The number of aryl methyl sites for hydroxylation is 1. The Kier molecular flexibility index (Phi) is 4.88. The molecule has 8 heteroatoms. The first-order chi connectivity index (χ1) is 12.7. The summed E-state index contributed by atoms with van der Waals surface area (Å²) >= 11 is 5.97. The van der Waals surface area contributed by atoms with E-state index in [0.29, 0.717) is 16.9 Å². The summed E-state index contributed by atoms with van der Waals surface area (Å²) < 4.78 is 5.54. The fourth-order valence-corrected chi connectivity index (χ4v) is 3.67. The molecule has 1 aliphatic rings. The van der Waals surface area contributed by atoms with Gasteiger partial charge in [-0.25, -0.2) is 9.97 Å². The van der Waals surface area contributed by atoms with Crippen molar-refractivity contribution < 1.29 is 4.74 Å². The molecule has 0 radical (unpaired) electrons. The van der Waals surface area contributed by atoms with Crippen LogP contribution in [0, 0.1) is 5.92 Å². The number of nitrogens with one attached hydrogen (secondary N) is 2. The first-order valence-corrected chi connectivity index (χ1v) is 9.34. The van der Waals surface area contributed by atoms with E-state index in [-0.39, 0.29) is 16.7 Å². The number of ether oxygens (including phenoxy) is 1. The Balaban J connectivity index is 1.49. The predicted molar refractivity (Wildman–Crippen MR) is 98.7 cm³/mol. The van der Waals surface area contributed by atoms with Gasteiger partial charge in [0.05, 0.1) is 0 Å². The van der Waals surface area contributed by atoms with Crippen molar-refractivity contribution in [1.82, 2.24) is 24.9 Å². The second-order valence-corrected chi connectivity index (χ2v) is 7.05. The van der Waals surface area contributed by atoms with Gasteiger partial charge in [-0.2, -0.15) is 4.98 Å². The molecule has 0 spiro atoms. The zero-order valence-electron chi connectivity index (χ0n) is 14.3. The fraction of sp³-hybridized carbons (Fsp3) is 0.444. The standard InChI is InChI=1S/C18H20ClN5O2/c19-15-12(8-4-10-20-15)26-18-23-16-14(17(25)24-18)21-13(22-16)9-3-7-11-5-1-2-6-11/h4,8,10-11H,1-3,5-7,9H2,(H2,21,22,23,24,25). The minimum absolute atomic E-state index is 0.0430. The Morgan fingerprint density at radius 3 is 2.88 bits per heavy atom. The number of fused-ring (bicyclic) bond motifs is 1. The van der Waals surface area contributed by atoms with E-state index in [4.69, 9.17) is 16.3 Å². The zero-order chi connectivity index (χ0) is 17.9. The van der Waals surface area contributed by atoms with E-state index < -0.39 is 0 Å². The average Bonchev–Trinajstić information content (AvgIpc) is 3.27. The van der Waals surface area contributed by atoms with Gasteiger partial charge in [0, 0.05) is 12.6 Å². The van der Waals surface area contributed by atoms with Gasteiger partial charge in [0.15, 0.2) is 22.1 Å². The molecule has 0 aliphatic heterocycles. The van der Waals surface area contributed by atoms with E-state index >= 15 is 0 Å². The number of hydrogen-bond donors (Lipinski definition) is 2. The summed E-state index contributed by atoms with van der Waals surface area (Å²) in [6, 6.07) is 3.38. The van der Waals surface area contributed by atoms with Crippen LogP contribution in [0.1, 0.15) is 44.3 Å². The third-order valence-corrected chi connectivity index (χ3v) is 5.10. The molecule has 1 saturated carbocycles. The monoisotopic (exact) mass is 373 g/mol. The molecule has 26 heavy (non-hydrogen) atoms. The molecule has 0 aromatic carbocycles. The van der Waals surface area contributed by atoms with Crippen LogP contribution < -0.4 is 10.3 Å². The van der Waals surface area contributed by atoms with Crippen LogP contribution >= 0.6 is 11.6 Å². The molecule has 7 nitrogen and oxygen atoms in total. The summed E-state index contributed by atoms with van der Waals surface area (Å²) in [6.45, 7) is 0. The summed E-state index contributed by atoms with van der Waals surface area (Å²) in [6.07, 6.45) is 10.1. The lowest BCUT2D eigenvalue weighted by atomic mass is 10.0. The number of aromatic nitrogens is 5. The number of nitrogens with zero attached hydrogens (tertiary/aromatic N) is 3. The van der Waals surface area contributed by atoms with Crippen LogP contribution in [0.3, 0.4) is 0 Å². The van der Waals surface area contributed by atoms with Gasteiger partial charge in [-0.3, -0.25) is 9.78 Å². The van der Waals surface area contributed by atoms with E-state index in [1.165, 1.54) is 32.1 Å². The highest BCUT2D eigenvalue weighted by Crippen LogP contribution is 2.29. The SMILES string of the molecule is O=c1[nH]c(Oc2cccnc2Cl)nc2nc(CCCC3CCCC3)[nH]c12. The number of halogens is 1. The van der Waals surface area contributed by atoms with Crippen molar-refractivity contribution in [2.75, 3.05) is 0 Å². The van der Waals surface area contributed by atoms with E-state index in [9.17, 15) is 4.79 Å². The van der Waals surface area contributed by atoms with Gasteiger partial charge in [0.1, 0.15) is 5.82 Å². The summed E-state index contributed by atoms with van der Waals surface area (Å²) in [5.74, 6) is 1.96. The van der Waals surface area contributed by atoms with Crippen molar-refractivity contribution in [2.24, 2.45) is 5.92 Å². The van der Waals surface area contributed by atoms with Crippen molar-refractivity contribution in [1.29, 1.82) is 0 Å². The molecule has 1 fully saturated rings. The van der Waals surface area contributed by atoms with Gasteiger partial charge in [-0.1, -0.05) is 43.7 Å². The highest BCUT2D eigenvalue weighted by molar-refractivity contribution is 6.30. The third kappa shape index (κ3) is 3.72. The van der Waals surface area contributed by atoms with Crippen LogP contribution in [0.15, 0.2) is 23.1 Å². The number of pyridine rings is 1. The fourth-order valence-electron chi connectivity index (χ4n) is 3.51. The first-order valence-electron chi connectivity index (χ1n) is 8.96. The molecule has 0 bridgehead atoms. The van der Waals surface area contributed by atoms with E-state index in [0.717, 1.165) is 24.6 Å². The molecule has 0 saturated heterocycles. The number of hydrogen-bond acceptors (Lipinski definition) is 5. The highest BCUT2D eigenvalue weighted by Gasteiger charge is 2.16. The molecule has 0 unspecified atom stereocenters. The molecule has 3 aromatic rings. The van der Waals surface area contributed by atoms with Crippen molar-refractivity contribution in [3.05, 3.63) is 39.7 Å². The predicted octanol–water partition coefficient (Wildman–Crippen LogP) is 4.00. The van der Waals surface area contributed by atoms with Crippen LogP contribution in [0.25, 0.3) is 11.2 Å². The van der Waals surface area contributed by atoms with E-state index in [1.54, 1.807) is 18.3 Å². The van der Waals surface area contributed by atoms with Crippen LogP contribution in [0.4, 0.5) is 0 Å².